The van der Waals surface area contributed by atoms with Gasteiger partial charge < -0.3 is 4.57 Å². The van der Waals surface area contributed by atoms with Crippen molar-refractivity contribution in [2.75, 3.05) is 0 Å². The monoisotopic (exact) mass is 328 g/mol. The second-order valence-electron chi connectivity index (χ2n) is 5.03. The van der Waals surface area contributed by atoms with E-state index in [0.29, 0.717) is 16.2 Å². The Morgan fingerprint density at radius 1 is 1.17 bits per heavy atom. The highest BCUT2D eigenvalue weighted by atomic mass is 35.5. The molecule has 0 aliphatic heterocycles. The molecule has 0 N–H and O–H groups in total. The Kier molecular flexibility index (Phi) is 3.80. The fourth-order valence-corrected chi connectivity index (χ4v) is 2.48. The van der Waals surface area contributed by atoms with Gasteiger partial charge in [-0.1, -0.05) is 35.6 Å². The van der Waals surface area contributed by atoms with Crippen molar-refractivity contribution in [1.29, 1.82) is 0 Å². The van der Waals surface area contributed by atoms with Gasteiger partial charge in [-0.3, -0.25) is 13.9 Å². The number of hydrogen-bond acceptors (Lipinski definition) is 3. The minimum absolute atomic E-state index is 0.273. The first kappa shape index (κ1) is 15.1. The lowest BCUT2D eigenvalue weighted by molar-refractivity contribution is 0.704. The van der Waals surface area contributed by atoms with Crippen LogP contribution in [0.4, 0.5) is 0 Å². The second-order valence-corrected chi connectivity index (χ2v) is 5.44. The van der Waals surface area contributed by atoms with Gasteiger partial charge in [-0.05, 0) is 12.1 Å². The number of nitrogens with zero attached hydrogens (tertiary/aromatic N) is 4. The lowest BCUT2D eigenvalue weighted by atomic mass is 10.2. The van der Waals surface area contributed by atoms with E-state index in [1.165, 1.54) is 17.9 Å². The third-order valence-electron chi connectivity index (χ3n) is 3.56. The molecule has 0 aliphatic rings. The standard InChI is InChI=1S/C16H13ClN4O2/c1-19-14-13(15(22)20(2)16(19)23)21(10-18-14)9-5-7-11-6-3-4-8-12(11)17/h3-4,6,8,10H,9H2,1-2H3. The summed E-state index contributed by atoms with van der Waals surface area (Å²) >= 11 is 6.05. The largest absolute Gasteiger partial charge is 0.332 e. The maximum atomic E-state index is 12.3. The highest BCUT2D eigenvalue weighted by Crippen LogP contribution is 2.13. The van der Waals surface area contributed by atoms with Gasteiger partial charge in [-0.2, -0.15) is 0 Å². The summed E-state index contributed by atoms with van der Waals surface area (Å²) in [5, 5.41) is 0.578. The number of hydrogen-bond donors (Lipinski definition) is 0. The van der Waals surface area contributed by atoms with Gasteiger partial charge in [0.1, 0.15) is 0 Å². The molecule has 2 heterocycles. The van der Waals surface area contributed by atoms with E-state index in [4.69, 9.17) is 11.6 Å². The molecule has 116 valence electrons. The Bertz CT molecular complexity index is 1080. The number of aryl methyl sites for hydroxylation is 1. The van der Waals surface area contributed by atoms with Gasteiger partial charge in [-0.25, -0.2) is 9.78 Å². The Hall–Kier alpha value is -2.78. The highest BCUT2D eigenvalue weighted by Gasteiger charge is 2.13. The Morgan fingerprint density at radius 2 is 1.91 bits per heavy atom. The molecule has 3 aromatic rings. The van der Waals surface area contributed by atoms with Crippen molar-refractivity contribution >= 4 is 22.8 Å². The molecule has 0 spiro atoms. The van der Waals surface area contributed by atoms with Gasteiger partial charge in [0.2, 0.25) is 0 Å². The van der Waals surface area contributed by atoms with E-state index in [1.807, 2.05) is 18.2 Å². The fourth-order valence-electron chi connectivity index (χ4n) is 2.30. The maximum Gasteiger partial charge on any atom is 0.332 e. The molecule has 0 radical (unpaired) electrons. The zero-order chi connectivity index (χ0) is 16.6. The van der Waals surface area contributed by atoms with E-state index in [9.17, 15) is 9.59 Å². The zero-order valence-corrected chi connectivity index (χ0v) is 13.3. The molecule has 0 saturated carbocycles. The summed E-state index contributed by atoms with van der Waals surface area (Å²) in [7, 11) is 3.02. The van der Waals surface area contributed by atoms with Crippen LogP contribution in [-0.2, 0) is 20.6 Å². The van der Waals surface area contributed by atoms with Crippen molar-refractivity contribution in [1.82, 2.24) is 18.7 Å². The van der Waals surface area contributed by atoms with Gasteiger partial charge in [-0.15, -0.1) is 0 Å². The minimum Gasteiger partial charge on any atom is -0.313 e. The molecule has 0 amide bonds. The number of rotatable bonds is 1. The van der Waals surface area contributed by atoms with Crippen LogP contribution in [-0.4, -0.2) is 18.7 Å². The summed E-state index contributed by atoms with van der Waals surface area (Å²) in [5.41, 5.74) is 0.620. The molecule has 23 heavy (non-hydrogen) atoms. The van der Waals surface area contributed by atoms with Crippen molar-refractivity contribution in [2.24, 2.45) is 14.1 Å². The fraction of sp³-hybridized carbons (Fsp3) is 0.188. The van der Waals surface area contributed by atoms with Crippen molar-refractivity contribution < 1.29 is 0 Å². The van der Waals surface area contributed by atoms with Crippen LogP contribution in [0.3, 0.4) is 0 Å². The topological polar surface area (TPSA) is 61.8 Å². The van der Waals surface area contributed by atoms with E-state index in [-0.39, 0.29) is 12.1 Å². The van der Waals surface area contributed by atoms with E-state index in [1.54, 1.807) is 17.7 Å². The van der Waals surface area contributed by atoms with Crippen molar-refractivity contribution in [3.8, 4) is 11.8 Å². The first-order valence-corrected chi connectivity index (χ1v) is 7.22. The molecule has 0 aliphatic carbocycles. The van der Waals surface area contributed by atoms with Crippen LogP contribution >= 0.6 is 11.6 Å². The average Bonchev–Trinajstić information content (AvgIpc) is 2.97. The van der Waals surface area contributed by atoms with Crippen molar-refractivity contribution in [2.45, 2.75) is 6.54 Å². The third-order valence-corrected chi connectivity index (χ3v) is 3.89. The number of aromatic nitrogens is 4. The van der Waals surface area contributed by atoms with Gasteiger partial charge in [0.25, 0.3) is 5.56 Å². The molecule has 1 aromatic carbocycles. The lowest BCUT2D eigenvalue weighted by Gasteiger charge is -2.04. The summed E-state index contributed by atoms with van der Waals surface area (Å²) in [4.78, 5) is 28.3. The van der Waals surface area contributed by atoms with Crippen molar-refractivity contribution in [3.05, 3.63) is 62.0 Å². The van der Waals surface area contributed by atoms with Crippen LogP contribution in [0.2, 0.25) is 5.02 Å². The molecule has 0 unspecified atom stereocenters. The number of benzene rings is 1. The molecule has 0 fully saturated rings. The van der Waals surface area contributed by atoms with Crippen LogP contribution < -0.4 is 11.2 Å². The maximum absolute atomic E-state index is 12.3. The van der Waals surface area contributed by atoms with Gasteiger partial charge >= 0.3 is 5.69 Å². The molecular weight excluding hydrogens is 316 g/mol. The zero-order valence-electron chi connectivity index (χ0n) is 12.6. The molecule has 2 aromatic heterocycles. The van der Waals surface area contributed by atoms with E-state index in [2.05, 4.69) is 16.8 Å². The Morgan fingerprint density at radius 3 is 2.65 bits per heavy atom. The molecule has 0 saturated heterocycles. The van der Waals surface area contributed by atoms with Crippen LogP contribution in [0.15, 0.2) is 40.2 Å². The summed E-state index contributed by atoms with van der Waals surface area (Å²) in [6.45, 7) is 0.273. The number of halogens is 1. The highest BCUT2D eigenvalue weighted by molar-refractivity contribution is 6.31. The first-order valence-electron chi connectivity index (χ1n) is 6.85. The summed E-state index contributed by atoms with van der Waals surface area (Å²) in [6.07, 6.45) is 1.51. The van der Waals surface area contributed by atoms with Gasteiger partial charge in [0, 0.05) is 19.7 Å². The average molecular weight is 329 g/mol. The molecule has 3 rings (SSSR count). The van der Waals surface area contributed by atoms with Crippen LogP contribution in [0.1, 0.15) is 5.56 Å². The van der Waals surface area contributed by atoms with E-state index >= 15 is 0 Å². The van der Waals surface area contributed by atoms with Gasteiger partial charge in [0.05, 0.1) is 17.9 Å². The molecule has 0 bridgehead atoms. The predicted octanol–water partition coefficient (Wildman–Crippen LogP) is 1.14. The lowest BCUT2D eigenvalue weighted by Crippen LogP contribution is -2.37. The van der Waals surface area contributed by atoms with Crippen LogP contribution in [0, 0.1) is 11.8 Å². The number of imidazole rings is 1. The van der Waals surface area contributed by atoms with E-state index in [0.717, 1.165) is 10.1 Å². The smallest absolute Gasteiger partial charge is 0.313 e. The summed E-state index contributed by atoms with van der Waals surface area (Å²) < 4.78 is 4.03. The second kappa shape index (κ2) is 5.78. The molecular formula is C16H13ClN4O2. The third kappa shape index (κ3) is 2.56. The summed E-state index contributed by atoms with van der Waals surface area (Å²) in [6, 6.07) is 7.28. The quantitative estimate of drug-likeness (QED) is 0.629. The first-order chi connectivity index (χ1) is 11.0. The molecule has 6 nitrogen and oxygen atoms in total. The molecule has 0 atom stereocenters. The number of fused-ring (bicyclic) bond motifs is 1. The van der Waals surface area contributed by atoms with Crippen LogP contribution in [0.5, 0.6) is 0 Å². The Balaban J connectivity index is 2.05. The minimum atomic E-state index is -0.407. The van der Waals surface area contributed by atoms with Gasteiger partial charge in [0.15, 0.2) is 11.2 Å². The summed E-state index contributed by atoms with van der Waals surface area (Å²) in [5.74, 6) is 5.94. The van der Waals surface area contributed by atoms with Crippen LogP contribution in [0.25, 0.3) is 11.2 Å². The SMILES string of the molecule is Cn1c(=O)c2c(ncn2CC#Cc2ccccc2Cl)n(C)c1=O. The predicted molar refractivity (Wildman–Crippen MR) is 88.5 cm³/mol. The van der Waals surface area contributed by atoms with Crippen molar-refractivity contribution in [3.63, 3.8) is 0 Å². The normalized spacial score (nSPS) is 10.6. The van der Waals surface area contributed by atoms with E-state index < -0.39 is 5.69 Å². The Labute approximate surface area is 136 Å². The molecule has 7 heteroatoms.